The average molecular weight is 395 g/mol. The molecule has 152 valence electrons. The van der Waals surface area contributed by atoms with Crippen LogP contribution < -0.4 is 4.72 Å². The molecule has 1 saturated heterocycles. The van der Waals surface area contributed by atoms with E-state index in [0.29, 0.717) is 13.0 Å². The molecule has 1 N–H and O–H groups in total. The molecule has 1 aliphatic rings. The van der Waals surface area contributed by atoms with Gasteiger partial charge in [-0.25, -0.2) is 13.1 Å². The quantitative estimate of drug-likeness (QED) is 0.820. The molecule has 0 spiro atoms. The Hall–Kier alpha value is -1.40. The maximum absolute atomic E-state index is 12.5. The van der Waals surface area contributed by atoms with Crippen LogP contribution >= 0.6 is 0 Å². The van der Waals surface area contributed by atoms with Crippen molar-refractivity contribution >= 4 is 15.9 Å². The van der Waals surface area contributed by atoms with E-state index in [4.69, 9.17) is 0 Å². The van der Waals surface area contributed by atoms with Gasteiger partial charge >= 0.3 is 0 Å². The van der Waals surface area contributed by atoms with E-state index >= 15 is 0 Å². The van der Waals surface area contributed by atoms with Gasteiger partial charge < -0.3 is 4.90 Å². The summed E-state index contributed by atoms with van der Waals surface area (Å²) in [5.74, 6) is 0.156. The molecule has 1 amide bonds. The molecule has 0 radical (unpaired) electrons. The fraction of sp³-hybridized carbons (Fsp3) is 0.667. The van der Waals surface area contributed by atoms with Crippen LogP contribution in [0.4, 0.5) is 0 Å². The minimum absolute atomic E-state index is 0.156. The first-order valence-electron chi connectivity index (χ1n) is 10.3. The molecule has 2 rings (SSSR count). The number of rotatable bonds is 5. The number of carbonyl (C=O) groups excluding carboxylic acids is 1. The molecule has 5 nitrogen and oxygen atoms in total. The Morgan fingerprint density at radius 3 is 2.07 bits per heavy atom. The lowest BCUT2D eigenvalue weighted by Crippen LogP contribution is -2.39. The maximum Gasteiger partial charge on any atom is 0.240 e. The number of nitrogens with one attached hydrogen (secondary N) is 1. The van der Waals surface area contributed by atoms with Crippen LogP contribution in [0, 0.1) is 6.92 Å². The Balaban J connectivity index is 1.87. The summed E-state index contributed by atoms with van der Waals surface area (Å²) >= 11 is 0. The van der Waals surface area contributed by atoms with Gasteiger partial charge in [0.15, 0.2) is 0 Å². The monoisotopic (exact) mass is 394 g/mol. The van der Waals surface area contributed by atoms with E-state index in [0.717, 1.165) is 37.8 Å². The Morgan fingerprint density at radius 1 is 0.889 bits per heavy atom. The summed E-state index contributed by atoms with van der Waals surface area (Å²) < 4.78 is 27.4. The van der Waals surface area contributed by atoms with Crippen LogP contribution in [0.2, 0.25) is 0 Å². The van der Waals surface area contributed by atoms with Crippen molar-refractivity contribution < 1.29 is 13.2 Å². The number of sulfonamides is 1. The van der Waals surface area contributed by atoms with Crippen molar-refractivity contribution in [3.8, 4) is 0 Å². The highest BCUT2D eigenvalue weighted by Crippen LogP contribution is 2.14. The third-order valence-corrected chi connectivity index (χ3v) is 6.65. The molecule has 1 fully saturated rings. The smallest absolute Gasteiger partial charge is 0.240 e. The summed E-state index contributed by atoms with van der Waals surface area (Å²) in [6.07, 6.45) is 11.1. The van der Waals surface area contributed by atoms with Gasteiger partial charge in [0, 0.05) is 26.1 Å². The number of carbonyl (C=O) groups is 1. The normalized spacial score (nSPS) is 18.4. The topological polar surface area (TPSA) is 66.5 Å². The number of nitrogens with zero attached hydrogens (tertiary/aromatic N) is 1. The summed E-state index contributed by atoms with van der Waals surface area (Å²) in [5, 5.41) is 0. The van der Waals surface area contributed by atoms with Crippen molar-refractivity contribution in [2.45, 2.75) is 76.0 Å². The highest BCUT2D eigenvalue weighted by molar-refractivity contribution is 7.89. The molecule has 0 unspecified atom stereocenters. The van der Waals surface area contributed by atoms with Gasteiger partial charge in [0.1, 0.15) is 0 Å². The van der Waals surface area contributed by atoms with E-state index in [1.165, 1.54) is 32.1 Å². The van der Waals surface area contributed by atoms with Crippen LogP contribution in [0.25, 0.3) is 0 Å². The van der Waals surface area contributed by atoms with Gasteiger partial charge in [-0.05, 0) is 31.9 Å². The summed E-state index contributed by atoms with van der Waals surface area (Å²) in [5.41, 5.74) is 1.02. The predicted molar refractivity (Wildman–Crippen MR) is 109 cm³/mol. The van der Waals surface area contributed by atoms with E-state index in [1.54, 1.807) is 24.3 Å². The fourth-order valence-corrected chi connectivity index (χ4v) is 4.47. The van der Waals surface area contributed by atoms with Gasteiger partial charge in [-0.2, -0.15) is 0 Å². The molecule has 1 heterocycles. The zero-order valence-corrected chi connectivity index (χ0v) is 17.4. The van der Waals surface area contributed by atoms with E-state index in [-0.39, 0.29) is 17.3 Å². The van der Waals surface area contributed by atoms with Crippen molar-refractivity contribution in [2.24, 2.45) is 0 Å². The van der Waals surface area contributed by atoms with Crippen LogP contribution in [-0.4, -0.2) is 38.9 Å². The molecule has 0 aliphatic carbocycles. The van der Waals surface area contributed by atoms with E-state index in [1.807, 2.05) is 11.8 Å². The van der Waals surface area contributed by atoms with Crippen molar-refractivity contribution in [1.29, 1.82) is 0 Å². The standard InChI is InChI=1S/C21H34N2O3S/c1-19-12-14-20(15-13-19)27(25,26)22-16-18-23-17-10-8-6-4-2-3-5-7-9-11-21(23)24/h12-15,22H,2-11,16-18H2,1H3. The van der Waals surface area contributed by atoms with Crippen molar-refractivity contribution in [3.63, 3.8) is 0 Å². The largest absolute Gasteiger partial charge is 0.341 e. The number of benzene rings is 1. The summed E-state index contributed by atoms with van der Waals surface area (Å²) in [6, 6.07) is 6.80. The zero-order valence-electron chi connectivity index (χ0n) is 16.6. The van der Waals surface area contributed by atoms with Gasteiger partial charge in [0.05, 0.1) is 4.90 Å². The lowest BCUT2D eigenvalue weighted by Gasteiger charge is -2.23. The van der Waals surface area contributed by atoms with Gasteiger partial charge in [0.2, 0.25) is 15.9 Å². The maximum atomic E-state index is 12.5. The molecule has 0 aromatic heterocycles. The molecule has 0 saturated carbocycles. The zero-order chi connectivity index (χ0) is 19.5. The first kappa shape index (κ1) is 21.9. The van der Waals surface area contributed by atoms with E-state index in [2.05, 4.69) is 4.72 Å². The second kappa shape index (κ2) is 11.4. The van der Waals surface area contributed by atoms with Crippen molar-refractivity contribution in [1.82, 2.24) is 9.62 Å². The number of aryl methyl sites for hydroxylation is 1. The number of amides is 1. The molecular weight excluding hydrogens is 360 g/mol. The van der Waals surface area contributed by atoms with Crippen molar-refractivity contribution in [3.05, 3.63) is 29.8 Å². The first-order valence-corrected chi connectivity index (χ1v) is 11.8. The Bertz CT molecular complexity index is 671. The van der Waals surface area contributed by atoms with Crippen LogP contribution in [0.15, 0.2) is 29.2 Å². The predicted octanol–water partition coefficient (Wildman–Crippen LogP) is 4.02. The van der Waals surface area contributed by atoms with E-state index in [9.17, 15) is 13.2 Å². The molecule has 1 aromatic rings. The summed E-state index contributed by atoms with van der Waals surface area (Å²) in [6.45, 7) is 3.34. The fourth-order valence-electron chi connectivity index (χ4n) is 3.45. The molecule has 0 atom stereocenters. The minimum Gasteiger partial charge on any atom is -0.341 e. The second-order valence-corrected chi connectivity index (χ2v) is 9.29. The summed E-state index contributed by atoms with van der Waals surface area (Å²) in [7, 11) is -3.53. The van der Waals surface area contributed by atoms with Crippen LogP contribution in [0.3, 0.4) is 0 Å². The highest BCUT2D eigenvalue weighted by atomic mass is 32.2. The first-order chi connectivity index (χ1) is 13.0. The number of hydrogen-bond donors (Lipinski definition) is 1. The lowest BCUT2D eigenvalue weighted by molar-refractivity contribution is -0.131. The molecular formula is C21H34N2O3S. The Morgan fingerprint density at radius 2 is 1.44 bits per heavy atom. The molecule has 1 aromatic carbocycles. The third-order valence-electron chi connectivity index (χ3n) is 5.18. The van der Waals surface area contributed by atoms with E-state index < -0.39 is 10.0 Å². The Kier molecular flexibility index (Phi) is 9.28. The van der Waals surface area contributed by atoms with Gasteiger partial charge in [-0.1, -0.05) is 62.6 Å². The van der Waals surface area contributed by atoms with Gasteiger partial charge in [-0.3, -0.25) is 4.79 Å². The Labute approximate surface area is 164 Å². The summed E-state index contributed by atoms with van der Waals surface area (Å²) in [4.78, 5) is 14.6. The second-order valence-electron chi connectivity index (χ2n) is 7.52. The lowest BCUT2D eigenvalue weighted by atomic mass is 10.1. The molecule has 6 heteroatoms. The molecule has 1 aliphatic heterocycles. The minimum atomic E-state index is -3.53. The third kappa shape index (κ3) is 8.01. The SMILES string of the molecule is Cc1ccc(S(=O)(=O)NCCN2CCCCCCCCCCCC2=O)cc1. The average Bonchev–Trinajstić information content (AvgIpc) is 2.66. The van der Waals surface area contributed by atoms with Crippen LogP contribution in [0.1, 0.15) is 69.8 Å². The van der Waals surface area contributed by atoms with Crippen molar-refractivity contribution in [2.75, 3.05) is 19.6 Å². The molecule has 27 heavy (non-hydrogen) atoms. The molecule has 0 bridgehead atoms. The number of hydrogen-bond acceptors (Lipinski definition) is 3. The van der Waals surface area contributed by atoms with Gasteiger partial charge in [-0.15, -0.1) is 0 Å². The highest BCUT2D eigenvalue weighted by Gasteiger charge is 2.16. The van der Waals surface area contributed by atoms with Crippen LogP contribution in [-0.2, 0) is 14.8 Å². The van der Waals surface area contributed by atoms with Crippen LogP contribution in [0.5, 0.6) is 0 Å². The van der Waals surface area contributed by atoms with Gasteiger partial charge in [0.25, 0.3) is 0 Å².